The molecule has 0 saturated carbocycles. The lowest BCUT2D eigenvalue weighted by Gasteiger charge is -2.07. The number of halogens is 4. The van der Waals surface area contributed by atoms with E-state index in [1.807, 2.05) is 24.5 Å². The third-order valence-electron chi connectivity index (χ3n) is 3.85. The summed E-state index contributed by atoms with van der Waals surface area (Å²) in [6, 6.07) is 13.4. The Bertz CT molecular complexity index is 1060. The van der Waals surface area contributed by atoms with Gasteiger partial charge in [0, 0.05) is 11.3 Å². The number of rotatable bonds is 5. The first-order valence-electron chi connectivity index (χ1n) is 8.32. The Kier molecular flexibility index (Phi) is 5.87. The number of benzene rings is 2. The second-order valence-corrected chi connectivity index (χ2v) is 6.01. The first-order valence-corrected chi connectivity index (χ1v) is 8.32. The first-order chi connectivity index (χ1) is 13.8. The summed E-state index contributed by atoms with van der Waals surface area (Å²) in [5, 5.41) is 6.29. The van der Waals surface area contributed by atoms with E-state index >= 15 is 0 Å². The van der Waals surface area contributed by atoms with Crippen LogP contribution in [0.1, 0.15) is 21.5 Å². The molecule has 0 aliphatic rings. The molecule has 0 bridgehead atoms. The van der Waals surface area contributed by atoms with Crippen molar-refractivity contribution in [2.75, 3.05) is 10.7 Å². The summed E-state index contributed by atoms with van der Waals surface area (Å²) in [4.78, 5) is 14.7. The van der Waals surface area contributed by atoms with E-state index in [0.29, 0.717) is 16.8 Å². The highest BCUT2D eigenvalue weighted by Crippen LogP contribution is 2.22. The molecule has 0 fully saturated rings. The maximum absolute atomic E-state index is 13.5. The van der Waals surface area contributed by atoms with E-state index in [4.69, 9.17) is 0 Å². The molecular formula is C20H14F4N4O. The van der Waals surface area contributed by atoms with Crippen LogP contribution in [0.15, 0.2) is 53.6 Å². The predicted molar refractivity (Wildman–Crippen MR) is 101 cm³/mol. The summed E-state index contributed by atoms with van der Waals surface area (Å²) >= 11 is 0. The number of anilines is 2. The lowest BCUT2D eigenvalue weighted by Crippen LogP contribution is -2.11. The Balaban J connectivity index is 1.72. The molecule has 0 atom stereocenters. The molecule has 0 spiro atoms. The molecule has 1 heterocycles. The van der Waals surface area contributed by atoms with E-state index < -0.39 is 29.2 Å². The molecule has 0 radical (unpaired) electrons. The molecule has 9 heteroatoms. The number of carbonyl (C=O) groups is 1. The smallest absolute Gasteiger partial charge is 0.255 e. The number of pyridine rings is 1. The Labute approximate surface area is 163 Å². The van der Waals surface area contributed by atoms with E-state index in [0.717, 1.165) is 11.8 Å². The van der Waals surface area contributed by atoms with Gasteiger partial charge in [0.05, 0.1) is 6.21 Å². The van der Waals surface area contributed by atoms with Gasteiger partial charge >= 0.3 is 0 Å². The van der Waals surface area contributed by atoms with Crippen LogP contribution >= 0.6 is 0 Å². The zero-order valence-corrected chi connectivity index (χ0v) is 15.0. The first kappa shape index (κ1) is 20.0. The molecule has 2 aromatic carbocycles. The largest absolute Gasteiger partial charge is 0.322 e. The fourth-order valence-electron chi connectivity index (χ4n) is 2.36. The summed E-state index contributed by atoms with van der Waals surface area (Å²) in [5.41, 5.74) is 3.22. The van der Waals surface area contributed by atoms with Gasteiger partial charge in [-0.1, -0.05) is 29.8 Å². The molecule has 3 rings (SSSR count). The number of hydrogen-bond acceptors (Lipinski definition) is 4. The van der Waals surface area contributed by atoms with Gasteiger partial charge in [0.25, 0.3) is 17.8 Å². The Morgan fingerprint density at radius 2 is 1.66 bits per heavy atom. The number of amides is 1. The topological polar surface area (TPSA) is 66.4 Å². The van der Waals surface area contributed by atoms with Crippen LogP contribution < -0.4 is 10.7 Å². The summed E-state index contributed by atoms with van der Waals surface area (Å²) in [6.45, 7) is 1.91. The summed E-state index contributed by atoms with van der Waals surface area (Å²) in [7, 11) is 0. The van der Waals surface area contributed by atoms with Crippen molar-refractivity contribution in [1.29, 1.82) is 0 Å². The van der Waals surface area contributed by atoms with Gasteiger partial charge < -0.3 is 5.32 Å². The maximum Gasteiger partial charge on any atom is 0.255 e. The van der Waals surface area contributed by atoms with Gasteiger partial charge in [-0.25, -0.2) is 0 Å². The lowest BCUT2D eigenvalue weighted by atomic mass is 10.1. The number of hydrogen-bond donors (Lipinski definition) is 2. The SMILES string of the molecule is Cc1ccc(C(=O)Nc2cccc(/C=N/Nc3c(F)c(F)nc(F)c3F)c2)cc1. The number of nitrogens with one attached hydrogen (secondary N) is 2. The van der Waals surface area contributed by atoms with Gasteiger partial charge in [-0.15, -0.1) is 0 Å². The lowest BCUT2D eigenvalue weighted by molar-refractivity contribution is 0.102. The standard InChI is InChI=1S/C20H14F4N4O/c1-11-5-7-13(8-6-11)20(29)26-14-4-2-3-12(9-14)10-25-28-17-15(21)18(23)27-19(24)16(17)22/h2-10H,1H3,(H,26,29)(H,27,28)/b25-10+. The third kappa shape index (κ3) is 4.75. The van der Waals surface area contributed by atoms with Crippen molar-refractivity contribution in [3.63, 3.8) is 0 Å². The van der Waals surface area contributed by atoms with Crippen LogP contribution in [0.2, 0.25) is 0 Å². The highest BCUT2D eigenvalue weighted by Gasteiger charge is 2.20. The van der Waals surface area contributed by atoms with E-state index in [2.05, 4.69) is 15.4 Å². The second kappa shape index (κ2) is 8.51. The Morgan fingerprint density at radius 1 is 1.00 bits per heavy atom. The zero-order chi connectivity index (χ0) is 21.0. The van der Waals surface area contributed by atoms with Crippen LogP contribution in [0.25, 0.3) is 0 Å². The fraction of sp³-hybridized carbons (Fsp3) is 0.0500. The summed E-state index contributed by atoms with van der Waals surface area (Å²) in [5.74, 6) is -7.28. The minimum Gasteiger partial charge on any atom is -0.322 e. The fourth-order valence-corrected chi connectivity index (χ4v) is 2.36. The van der Waals surface area contributed by atoms with Crippen LogP contribution in [-0.2, 0) is 0 Å². The van der Waals surface area contributed by atoms with Crippen LogP contribution in [0, 0.1) is 30.5 Å². The zero-order valence-electron chi connectivity index (χ0n) is 15.0. The van der Waals surface area contributed by atoms with Crippen molar-refractivity contribution in [2.24, 2.45) is 5.10 Å². The molecule has 3 aromatic rings. The summed E-state index contributed by atoms with van der Waals surface area (Å²) in [6.07, 6.45) is 1.16. The van der Waals surface area contributed by atoms with E-state index in [9.17, 15) is 22.4 Å². The quantitative estimate of drug-likeness (QED) is 0.283. The number of carbonyl (C=O) groups excluding carboxylic acids is 1. The molecule has 0 aliphatic heterocycles. The van der Waals surface area contributed by atoms with Gasteiger partial charge in [0.2, 0.25) is 11.6 Å². The number of aromatic nitrogens is 1. The summed E-state index contributed by atoms with van der Waals surface area (Å²) < 4.78 is 53.2. The van der Waals surface area contributed by atoms with Crippen molar-refractivity contribution < 1.29 is 22.4 Å². The average Bonchev–Trinajstić information content (AvgIpc) is 2.70. The van der Waals surface area contributed by atoms with Gasteiger partial charge in [0.1, 0.15) is 5.69 Å². The molecule has 0 unspecified atom stereocenters. The molecule has 0 aliphatic carbocycles. The molecule has 29 heavy (non-hydrogen) atoms. The number of hydrazone groups is 1. The van der Waals surface area contributed by atoms with Crippen molar-refractivity contribution in [3.05, 3.63) is 88.8 Å². The van der Waals surface area contributed by atoms with E-state index in [1.54, 1.807) is 36.4 Å². The van der Waals surface area contributed by atoms with Crippen LogP contribution in [0.3, 0.4) is 0 Å². The normalized spacial score (nSPS) is 10.9. The van der Waals surface area contributed by atoms with Gasteiger partial charge in [-0.2, -0.15) is 27.6 Å². The molecular weight excluding hydrogens is 388 g/mol. The Hall–Kier alpha value is -3.75. The number of aryl methyl sites for hydroxylation is 1. The maximum atomic E-state index is 13.5. The van der Waals surface area contributed by atoms with Crippen molar-refractivity contribution in [1.82, 2.24) is 4.98 Å². The number of nitrogens with zero attached hydrogens (tertiary/aromatic N) is 2. The molecule has 1 aromatic heterocycles. The van der Waals surface area contributed by atoms with Crippen LogP contribution in [0.4, 0.5) is 28.9 Å². The van der Waals surface area contributed by atoms with Gasteiger partial charge in [0.15, 0.2) is 0 Å². The van der Waals surface area contributed by atoms with E-state index in [1.165, 1.54) is 0 Å². The van der Waals surface area contributed by atoms with Gasteiger partial charge in [-0.05, 0) is 36.8 Å². The highest BCUT2D eigenvalue weighted by atomic mass is 19.2. The van der Waals surface area contributed by atoms with Crippen molar-refractivity contribution in [2.45, 2.75) is 6.92 Å². The van der Waals surface area contributed by atoms with Crippen molar-refractivity contribution in [3.8, 4) is 0 Å². The molecule has 2 N–H and O–H groups in total. The minimum absolute atomic E-state index is 0.316. The van der Waals surface area contributed by atoms with Crippen molar-refractivity contribution >= 4 is 23.5 Å². The molecule has 1 amide bonds. The third-order valence-corrected chi connectivity index (χ3v) is 3.85. The van der Waals surface area contributed by atoms with Crippen LogP contribution in [0.5, 0.6) is 0 Å². The Morgan fingerprint density at radius 3 is 2.31 bits per heavy atom. The average molecular weight is 402 g/mol. The van der Waals surface area contributed by atoms with Gasteiger partial charge in [-0.3, -0.25) is 10.2 Å². The predicted octanol–water partition coefficient (Wildman–Crippen LogP) is 4.64. The minimum atomic E-state index is -1.79. The molecule has 5 nitrogen and oxygen atoms in total. The molecule has 148 valence electrons. The monoisotopic (exact) mass is 402 g/mol. The highest BCUT2D eigenvalue weighted by molar-refractivity contribution is 6.04. The van der Waals surface area contributed by atoms with Crippen LogP contribution in [-0.4, -0.2) is 17.1 Å². The molecule has 0 saturated heterocycles. The second-order valence-electron chi connectivity index (χ2n) is 6.01. The van der Waals surface area contributed by atoms with E-state index in [-0.39, 0.29) is 5.91 Å².